The zero-order chi connectivity index (χ0) is 15.5. The first-order chi connectivity index (χ1) is 9.87. The molecule has 1 unspecified atom stereocenters. The van der Waals surface area contributed by atoms with E-state index in [9.17, 15) is 4.79 Å². The van der Waals surface area contributed by atoms with E-state index in [-0.39, 0.29) is 0 Å². The molecule has 0 fully saturated rings. The Bertz CT molecular complexity index is 602. The van der Waals surface area contributed by atoms with Gasteiger partial charge in [0.25, 0.3) is 0 Å². The van der Waals surface area contributed by atoms with Crippen LogP contribution in [0.15, 0.2) is 41.1 Å². The van der Waals surface area contributed by atoms with Crippen molar-refractivity contribution >= 4 is 11.8 Å². The van der Waals surface area contributed by atoms with Crippen LogP contribution < -0.4 is 11.1 Å². The highest BCUT2D eigenvalue weighted by molar-refractivity contribution is 5.69. The zero-order valence-electron chi connectivity index (χ0n) is 12.3. The molecule has 0 saturated carbocycles. The van der Waals surface area contributed by atoms with Crippen molar-refractivity contribution in [1.29, 1.82) is 0 Å². The fourth-order valence-corrected chi connectivity index (χ4v) is 1.85. The Hall–Kier alpha value is -2.50. The first kappa shape index (κ1) is 14.9. The summed E-state index contributed by atoms with van der Waals surface area (Å²) in [5, 5.41) is 6.42. The maximum absolute atomic E-state index is 12.0. The lowest BCUT2D eigenvalue weighted by atomic mass is 10.0. The third-order valence-electron chi connectivity index (χ3n) is 2.68. The highest BCUT2D eigenvalue weighted by Gasteiger charge is 2.25. The minimum atomic E-state index is -0.585. The Labute approximate surface area is 123 Å². The Kier molecular flexibility index (Phi) is 4.16. The molecule has 0 aliphatic heterocycles. The summed E-state index contributed by atoms with van der Waals surface area (Å²) < 4.78 is 10.4. The summed E-state index contributed by atoms with van der Waals surface area (Å²) in [5.74, 6) is 0.382. The van der Waals surface area contributed by atoms with E-state index in [1.54, 1.807) is 20.8 Å². The molecule has 1 atom stereocenters. The third kappa shape index (κ3) is 3.98. The molecule has 3 N–H and O–H groups in total. The van der Waals surface area contributed by atoms with Gasteiger partial charge < -0.3 is 20.3 Å². The fourth-order valence-electron chi connectivity index (χ4n) is 1.85. The maximum atomic E-state index is 12.0. The topological polar surface area (TPSA) is 90.4 Å². The van der Waals surface area contributed by atoms with E-state index in [1.807, 2.05) is 30.3 Å². The van der Waals surface area contributed by atoms with Crippen molar-refractivity contribution < 1.29 is 14.1 Å². The van der Waals surface area contributed by atoms with Gasteiger partial charge in [-0.2, -0.15) is 0 Å². The molecule has 1 aromatic carbocycles. The summed E-state index contributed by atoms with van der Waals surface area (Å²) in [6.07, 6.45) is 0.856. The van der Waals surface area contributed by atoms with E-state index >= 15 is 0 Å². The SMILES string of the molecule is CC(C)(C)OC(=O)NC(c1ccccc1)c1oncc1N. The molecule has 0 spiro atoms. The van der Waals surface area contributed by atoms with E-state index < -0.39 is 17.7 Å². The van der Waals surface area contributed by atoms with Gasteiger partial charge in [0.2, 0.25) is 0 Å². The lowest BCUT2D eigenvalue weighted by Gasteiger charge is -2.23. The second-order valence-corrected chi connectivity index (χ2v) is 5.64. The summed E-state index contributed by atoms with van der Waals surface area (Å²) in [6, 6.07) is 8.80. The van der Waals surface area contributed by atoms with Crippen LogP contribution in [0.4, 0.5) is 10.5 Å². The predicted octanol–water partition coefficient (Wildman–Crippen LogP) is 2.87. The molecule has 1 amide bonds. The highest BCUT2D eigenvalue weighted by Crippen LogP contribution is 2.26. The molecule has 0 radical (unpaired) electrons. The molecule has 0 bridgehead atoms. The quantitative estimate of drug-likeness (QED) is 0.906. The van der Waals surface area contributed by atoms with Crippen LogP contribution in [0, 0.1) is 0 Å². The van der Waals surface area contributed by atoms with Gasteiger partial charge in [0.05, 0.1) is 11.9 Å². The first-order valence-electron chi connectivity index (χ1n) is 6.61. The number of amides is 1. The van der Waals surface area contributed by atoms with Gasteiger partial charge in [-0.15, -0.1) is 0 Å². The molecular formula is C15H19N3O3. The molecular weight excluding hydrogens is 270 g/mol. The lowest BCUT2D eigenvalue weighted by Crippen LogP contribution is -2.35. The number of nitrogens with one attached hydrogen (secondary N) is 1. The number of hydrogen-bond acceptors (Lipinski definition) is 5. The number of carbonyl (C=O) groups excluding carboxylic acids is 1. The van der Waals surface area contributed by atoms with Crippen molar-refractivity contribution in [3.63, 3.8) is 0 Å². The summed E-state index contributed by atoms with van der Waals surface area (Å²) >= 11 is 0. The van der Waals surface area contributed by atoms with Crippen molar-refractivity contribution in [1.82, 2.24) is 10.5 Å². The number of nitrogens with zero attached hydrogens (tertiary/aromatic N) is 1. The summed E-state index contributed by atoms with van der Waals surface area (Å²) in [6.45, 7) is 5.40. The molecule has 0 aliphatic rings. The highest BCUT2D eigenvalue weighted by atomic mass is 16.6. The van der Waals surface area contributed by atoms with Gasteiger partial charge in [0, 0.05) is 0 Å². The van der Waals surface area contributed by atoms with Crippen LogP contribution >= 0.6 is 0 Å². The number of alkyl carbamates (subject to hydrolysis) is 1. The number of carbonyl (C=O) groups is 1. The second kappa shape index (κ2) is 5.87. The van der Waals surface area contributed by atoms with E-state index in [0.29, 0.717) is 11.4 Å². The minimum Gasteiger partial charge on any atom is -0.444 e. The molecule has 21 heavy (non-hydrogen) atoms. The second-order valence-electron chi connectivity index (χ2n) is 5.64. The number of aromatic nitrogens is 1. The van der Waals surface area contributed by atoms with Crippen LogP contribution in [0.2, 0.25) is 0 Å². The number of anilines is 1. The summed E-state index contributed by atoms with van der Waals surface area (Å²) in [4.78, 5) is 12.0. The lowest BCUT2D eigenvalue weighted by molar-refractivity contribution is 0.0506. The van der Waals surface area contributed by atoms with Crippen LogP contribution in [-0.4, -0.2) is 16.9 Å². The maximum Gasteiger partial charge on any atom is 0.408 e. The third-order valence-corrected chi connectivity index (χ3v) is 2.68. The van der Waals surface area contributed by atoms with Gasteiger partial charge in [0.15, 0.2) is 5.76 Å². The number of rotatable bonds is 3. The Morgan fingerprint density at radius 3 is 2.52 bits per heavy atom. The minimum absolute atomic E-state index is 0.375. The number of nitrogens with two attached hydrogens (primary N) is 1. The van der Waals surface area contributed by atoms with Gasteiger partial charge in [0.1, 0.15) is 11.6 Å². The van der Waals surface area contributed by atoms with E-state index in [4.69, 9.17) is 15.0 Å². The van der Waals surface area contributed by atoms with E-state index in [2.05, 4.69) is 10.5 Å². The molecule has 112 valence electrons. The van der Waals surface area contributed by atoms with Crippen molar-refractivity contribution in [2.75, 3.05) is 5.73 Å². The molecule has 1 heterocycles. The summed E-state index contributed by atoms with van der Waals surface area (Å²) in [7, 11) is 0. The zero-order valence-corrected chi connectivity index (χ0v) is 12.3. The first-order valence-corrected chi connectivity index (χ1v) is 6.61. The molecule has 0 saturated heterocycles. The molecule has 6 heteroatoms. The number of benzene rings is 1. The Balaban J connectivity index is 2.26. The smallest absolute Gasteiger partial charge is 0.408 e. The van der Waals surface area contributed by atoms with E-state index in [1.165, 1.54) is 6.20 Å². The fraction of sp³-hybridized carbons (Fsp3) is 0.333. The van der Waals surface area contributed by atoms with Crippen molar-refractivity contribution in [2.45, 2.75) is 32.4 Å². The number of ether oxygens (including phenoxy) is 1. The van der Waals surface area contributed by atoms with Crippen LogP contribution in [0.3, 0.4) is 0 Å². The van der Waals surface area contributed by atoms with Crippen molar-refractivity contribution in [3.8, 4) is 0 Å². The number of nitrogen functional groups attached to an aromatic ring is 1. The molecule has 0 aliphatic carbocycles. The summed E-state index contributed by atoms with van der Waals surface area (Å²) in [5.41, 5.74) is 6.45. The Morgan fingerprint density at radius 1 is 1.33 bits per heavy atom. The molecule has 2 aromatic rings. The molecule has 2 rings (SSSR count). The van der Waals surface area contributed by atoms with Crippen LogP contribution in [0.25, 0.3) is 0 Å². The van der Waals surface area contributed by atoms with Crippen LogP contribution in [0.5, 0.6) is 0 Å². The van der Waals surface area contributed by atoms with Crippen LogP contribution in [-0.2, 0) is 4.74 Å². The average Bonchev–Trinajstić information content (AvgIpc) is 2.81. The molecule has 6 nitrogen and oxygen atoms in total. The van der Waals surface area contributed by atoms with Gasteiger partial charge in [-0.25, -0.2) is 4.79 Å². The largest absolute Gasteiger partial charge is 0.444 e. The van der Waals surface area contributed by atoms with E-state index in [0.717, 1.165) is 5.56 Å². The monoisotopic (exact) mass is 289 g/mol. The normalized spacial score (nSPS) is 12.7. The van der Waals surface area contributed by atoms with Gasteiger partial charge in [-0.1, -0.05) is 35.5 Å². The predicted molar refractivity (Wildman–Crippen MR) is 78.6 cm³/mol. The van der Waals surface area contributed by atoms with Crippen molar-refractivity contribution in [2.24, 2.45) is 0 Å². The van der Waals surface area contributed by atoms with Crippen molar-refractivity contribution in [3.05, 3.63) is 47.9 Å². The van der Waals surface area contributed by atoms with Gasteiger partial charge in [-0.3, -0.25) is 0 Å². The standard InChI is InChI=1S/C15H19N3O3/c1-15(2,3)20-14(19)18-12(10-7-5-4-6-8-10)13-11(16)9-17-21-13/h4-9,12H,16H2,1-3H3,(H,18,19). The number of hydrogen-bond donors (Lipinski definition) is 2. The average molecular weight is 289 g/mol. The van der Waals surface area contributed by atoms with Gasteiger partial charge >= 0.3 is 6.09 Å². The Morgan fingerprint density at radius 2 is 2.00 bits per heavy atom. The van der Waals surface area contributed by atoms with Crippen LogP contribution in [0.1, 0.15) is 38.1 Å². The van der Waals surface area contributed by atoms with Gasteiger partial charge in [-0.05, 0) is 26.3 Å². The molecule has 1 aromatic heterocycles.